The monoisotopic (exact) mass is 457 g/mol. The van der Waals surface area contributed by atoms with Gasteiger partial charge in [0.15, 0.2) is 0 Å². The predicted molar refractivity (Wildman–Crippen MR) is 120 cm³/mol. The fourth-order valence-electron chi connectivity index (χ4n) is 2.73. The summed E-state index contributed by atoms with van der Waals surface area (Å²) in [4.78, 5) is 12.3. The highest BCUT2D eigenvalue weighted by atomic mass is 32.2. The van der Waals surface area contributed by atoms with Crippen molar-refractivity contribution in [3.8, 4) is 11.5 Å². The van der Waals surface area contributed by atoms with Crippen LogP contribution in [0.5, 0.6) is 11.5 Å². The van der Waals surface area contributed by atoms with Gasteiger partial charge in [-0.1, -0.05) is 5.16 Å². The molecule has 32 heavy (non-hydrogen) atoms. The summed E-state index contributed by atoms with van der Waals surface area (Å²) in [6.07, 6.45) is 2.94. The second-order valence-electron chi connectivity index (χ2n) is 6.78. The third kappa shape index (κ3) is 5.27. The lowest BCUT2D eigenvalue weighted by Gasteiger charge is -2.08. The lowest BCUT2D eigenvalue weighted by Crippen LogP contribution is -2.13. The van der Waals surface area contributed by atoms with E-state index in [4.69, 9.17) is 14.0 Å². The fourth-order valence-corrected chi connectivity index (χ4v) is 3.77. The number of carbonyl (C=O) groups is 1. The van der Waals surface area contributed by atoms with Crippen molar-refractivity contribution in [3.63, 3.8) is 0 Å². The van der Waals surface area contributed by atoms with Gasteiger partial charge in [0.05, 0.1) is 24.8 Å². The van der Waals surface area contributed by atoms with Crippen molar-refractivity contribution in [2.45, 2.75) is 18.7 Å². The molecule has 3 rings (SSSR count). The van der Waals surface area contributed by atoms with Crippen LogP contribution in [0.25, 0.3) is 6.08 Å². The van der Waals surface area contributed by atoms with Crippen molar-refractivity contribution in [1.29, 1.82) is 0 Å². The molecule has 0 fully saturated rings. The van der Waals surface area contributed by atoms with Crippen molar-refractivity contribution in [2.24, 2.45) is 0 Å². The van der Waals surface area contributed by atoms with E-state index in [1.54, 1.807) is 45.2 Å². The van der Waals surface area contributed by atoms with Gasteiger partial charge in [-0.25, -0.2) is 13.1 Å². The molecular formula is C22H23N3O6S. The number of carbonyl (C=O) groups excluding carboxylic acids is 1. The first-order valence-electron chi connectivity index (χ1n) is 9.50. The second kappa shape index (κ2) is 9.56. The van der Waals surface area contributed by atoms with Crippen LogP contribution in [0.1, 0.15) is 16.8 Å². The van der Waals surface area contributed by atoms with Gasteiger partial charge in [-0.3, -0.25) is 4.79 Å². The Morgan fingerprint density at radius 2 is 1.78 bits per heavy atom. The topological polar surface area (TPSA) is 120 Å². The Balaban J connectivity index is 1.68. The Hall–Kier alpha value is -3.79. The number of ether oxygens (including phenoxy) is 2. The van der Waals surface area contributed by atoms with Crippen molar-refractivity contribution in [1.82, 2.24) is 5.16 Å². The second-order valence-corrected chi connectivity index (χ2v) is 8.46. The minimum atomic E-state index is -3.86. The molecule has 9 nitrogen and oxygen atoms in total. The van der Waals surface area contributed by atoms with Crippen molar-refractivity contribution in [2.75, 3.05) is 24.3 Å². The third-order valence-electron chi connectivity index (χ3n) is 4.67. The first kappa shape index (κ1) is 22.9. The Morgan fingerprint density at radius 3 is 2.38 bits per heavy atom. The molecule has 0 atom stereocenters. The number of nitrogens with one attached hydrogen (secondary N) is 2. The predicted octanol–water partition coefficient (Wildman–Crippen LogP) is 3.76. The average Bonchev–Trinajstić information content (AvgIpc) is 3.09. The van der Waals surface area contributed by atoms with Gasteiger partial charge >= 0.3 is 0 Å². The summed E-state index contributed by atoms with van der Waals surface area (Å²) < 4.78 is 42.9. The van der Waals surface area contributed by atoms with Gasteiger partial charge in [0, 0.05) is 22.9 Å². The minimum absolute atomic E-state index is 0.0145. The normalized spacial score (nSPS) is 11.4. The Morgan fingerprint density at radius 1 is 1.06 bits per heavy atom. The molecule has 0 saturated heterocycles. The number of nitrogens with zero attached hydrogens (tertiary/aromatic N) is 1. The third-order valence-corrected chi connectivity index (χ3v) is 6.01. The highest BCUT2D eigenvalue weighted by Gasteiger charge is 2.19. The molecule has 2 N–H and O–H groups in total. The number of rotatable bonds is 8. The number of hydrogen-bond acceptors (Lipinski definition) is 7. The van der Waals surface area contributed by atoms with Crippen LogP contribution in [0.2, 0.25) is 0 Å². The summed E-state index contributed by atoms with van der Waals surface area (Å²) in [6, 6.07) is 11.0. The van der Waals surface area contributed by atoms with Crippen molar-refractivity contribution >= 4 is 33.6 Å². The van der Waals surface area contributed by atoms with Crippen LogP contribution >= 0.6 is 0 Å². The molecule has 0 radical (unpaired) electrons. The number of aromatic nitrogens is 1. The molecule has 1 aromatic heterocycles. The maximum absolute atomic E-state index is 12.5. The van der Waals surface area contributed by atoms with Gasteiger partial charge in [0.1, 0.15) is 11.5 Å². The zero-order valence-electron chi connectivity index (χ0n) is 18.0. The molecule has 1 heterocycles. The van der Waals surface area contributed by atoms with Crippen LogP contribution in [0.4, 0.5) is 11.6 Å². The first-order valence-corrected chi connectivity index (χ1v) is 11.0. The van der Waals surface area contributed by atoms with E-state index in [-0.39, 0.29) is 10.8 Å². The van der Waals surface area contributed by atoms with Crippen LogP contribution in [-0.4, -0.2) is 33.7 Å². The summed E-state index contributed by atoms with van der Waals surface area (Å²) in [7, 11) is -0.778. The van der Waals surface area contributed by atoms with Crippen LogP contribution in [-0.2, 0) is 14.8 Å². The van der Waals surface area contributed by atoms with E-state index in [9.17, 15) is 13.2 Å². The highest BCUT2D eigenvalue weighted by Crippen LogP contribution is 2.25. The van der Waals surface area contributed by atoms with Crippen LogP contribution < -0.4 is 19.5 Å². The molecular weight excluding hydrogens is 434 g/mol. The van der Waals surface area contributed by atoms with Gasteiger partial charge in [0.2, 0.25) is 11.8 Å². The van der Waals surface area contributed by atoms with E-state index in [0.717, 1.165) is 0 Å². The highest BCUT2D eigenvalue weighted by molar-refractivity contribution is 7.92. The molecule has 2 aromatic carbocycles. The smallest absolute Gasteiger partial charge is 0.264 e. The number of amides is 1. The molecule has 0 aliphatic heterocycles. The fraction of sp³-hybridized carbons (Fsp3) is 0.182. The Labute approximate surface area is 186 Å². The summed E-state index contributed by atoms with van der Waals surface area (Å²) >= 11 is 0. The molecule has 3 aromatic rings. The van der Waals surface area contributed by atoms with E-state index in [1.807, 2.05) is 0 Å². The summed E-state index contributed by atoms with van der Waals surface area (Å²) in [5.41, 5.74) is 2.31. The summed E-state index contributed by atoms with van der Waals surface area (Å²) in [5.74, 6) is 0.899. The molecule has 0 spiro atoms. The van der Waals surface area contributed by atoms with Crippen LogP contribution in [0.15, 0.2) is 58.0 Å². The standard InChI is InChI=1S/C22H23N3O6S/c1-14-15(2)24-31-22(14)25-32(27,28)19-9-6-17(7-10-19)23-21(26)12-5-16-13-18(29-3)8-11-20(16)30-4/h5-13,25H,1-4H3,(H,23,26)/b12-5+. The van der Waals surface area contributed by atoms with Crippen molar-refractivity contribution in [3.05, 3.63) is 65.4 Å². The quantitative estimate of drug-likeness (QED) is 0.494. The SMILES string of the molecule is COc1ccc(OC)c(/C=C/C(=O)Nc2ccc(S(=O)(=O)Nc3onc(C)c3C)cc2)c1. The van der Waals surface area contributed by atoms with E-state index >= 15 is 0 Å². The first-order chi connectivity index (χ1) is 15.2. The molecule has 0 saturated carbocycles. The number of aryl methyl sites for hydroxylation is 1. The number of sulfonamides is 1. The number of benzene rings is 2. The molecule has 168 valence electrons. The van der Waals surface area contributed by atoms with Crippen LogP contribution in [0, 0.1) is 13.8 Å². The number of hydrogen-bond donors (Lipinski definition) is 2. The van der Waals surface area contributed by atoms with Crippen LogP contribution in [0.3, 0.4) is 0 Å². The molecule has 0 bridgehead atoms. The van der Waals surface area contributed by atoms with E-state index in [2.05, 4.69) is 15.2 Å². The Bertz CT molecular complexity index is 1250. The largest absolute Gasteiger partial charge is 0.497 e. The molecule has 0 aliphatic rings. The molecule has 0 unspecified atom stereocenters. The average molecular weight is 458 g/mol. The summed E-state index contributed by atoms with van der Waals surface area (Å²) in [6.45, 7) is 3.42. The zero-order chi connectivity index (χ0) is 23.3. The van der Waals surface area contributed by atoms with E-state index in [0.29, 0.717) is 34.0 Å². The maximum Gasteiger partial charge on any atom is 0.264 e. The van der Waals surface area contributed by atoms with E-state index < -0.39 is 15.9 Å². The number of methoxy groups -OCH3 is 2. The Kier molecular flexibility index (Phi) is 6.84. The van der Waals surface area contributed by atoms with Gasteiger partial charge in [-0.2, -0.15) is 0 Å². The lowest BCUT2D eigenvalue weighted by molar-refractivity contribution is -0.111. The molecule has 10 heteroatoms. The number of anilines is 2. The lowest BCUT2D eigenvalue weighted by atomic mass is 10.1. The zero-order valence-corrected chi connectivity index (χ0v) is 18.8. The van der Waals surface area contributed by atoms with Crippen molar-refractivity contribution < 1.29 is 27.2 Å². The summed E-state index contributed by atoms with van der Waals surface area (Å²) in [5, 5.41) is 6.41. The van der Waals surface area contributed by atoms with Gasteiger partial charge in [0.25, 0.3) is 10.0 Å². The van der Waals surface area contributed by atoms with E-state index in [1.165, 1.54) is 37.5 Å². The van der Waals surface area contributed by atoms with Gasteiger partial charge in [-0.15, -0.1) is 0 Å². The maximum atomic E-state index is 12.5. The molecule has 0 aliphatic carbocycles. The van der Waals surface area contributed by atoms with Gasteiger partial charge in [-0.05, 0) is 62.4 Å². The van der Waals surface area contributed by atoms with Gasteiger partial charge < -0.3 is 19.3 Å². The minimum Gasteiger partial charge on any atom is -0.497 e. The molecule has 1 amide bonds.